The Hall–Kier alpha value is -1.78. The first-order valence-corrected chi connectivity index (χ1v) is 11.2. The third kappa shape index (κ3) is 5.23. The maximum Gasteiger partial charge on any atom is 0.138 e. The molecule has 29 heavy (non-hydrogen) atoms. The van der Waals surface area contributed by atoms with Crippen LogP contribution in [0.4, 0.5) is 5.69 Å². The Morgan fingerprint density at radius 3 is 2.86 bits per heavy atom. The van der Waals surface area contributed by atoms with Crippen molar-refractivity contribution >= 4 is 17.3 Å². The van der Waals surface area contributed by atoms with E-state index in [2.05, 4.69) is 35.5 Å². The van der Waals surface area contributed by atoms with Crippen molar-refractivity contribution in [3.05, 3.63) is 52.3 Å². The van der Waals surface area contributed by atoms with Crippen LogP contribution in [0.15, 0.2) is 30.5 Å². The Bertz CT molecular complexity index is 835. The van der Waals surface area contributed by atoms with Crippen molar-refractivity contribution in [2.24, 2.45) is 5.41 Å². The number of halogens is 1. The van der Waals surface area contributed by atoms with Gasteiger partial charge in [-0.25, -0.2) is 0 Å². The van der Waals surface area contributed by atoms with Crippen molar-refractivity contribution in [2.75, 3.05) is 18.4 Å². The van der Waals surface area contributed by atoms with E-state index in [1.807, 2.05) is 24.4 Å². The molecule has 1 saturated carbocycles. The van der Waals surface area contributed by atoms with Crippen LogP contribution in [-0.2, 0) is 19.4 Å². The Labute approximate surface area is 179 Å². The van der Waals surface area contributed by atoms with Crippen molar-refractivity contribution < 1.29 is 4.74 Å². The Kier molecular flexibility index (Phi) is 6.31. The van der Waals surface area contributed by atoms with Gasteiger partial charge in [0.15, 0.2) is 0 Å². The quantitative estimate of drug-likeness (QED) is 0.690. The predicted molar refractivity (Wildman–Crippen MR) is 120 cm³/mol. The first-order chi connectivity index (χ1) is 14.0. The van der Waals surface area contributed by atoms with Gasteiger partial charge in [-0.3, -0.25) is 4.98 Å². The molecule has 0 saturated heterocycles. The van der Waals surface area contributed by atoms with Crippen molar-refractivity contribution in [3.63, 3.8) is 0 Å². The molecule has 2 aromatic rings. The summed E-state index contributed by atoms with van der Waals surface area (Å²) in [7, 11) is 0. The summed E-state index contributed by atoms with van der Waals surface area (Å²) in [6.45, 7) is 7.34. The van der Waals surface area contributed by atoms with Crippen LogP contribution in [0, 0.1) is 5.41 Å². The highest BCUT2D eigenvalue weighted by Crippen LogP contribution is 2.37. The summed E-state index contributed by atoms with van der Waals surface area (Å²) in [6, 6.07) is 8.26. The molecule has 4 nitrogen and oxygen atoms in total. The van der Waals surface area contributed by atoms with Gasteiger partial charge in [-0.15, -0.1) is 0 Å². The van der Waals surface area contributed by atoms with E-state index in [0.717, 1.165) is 60.9 Å². The lowest BCUT2D eigenvalue weighted by Crippen LogP contribution is -2.30. The molecular formula is C24H32ClN3O. The van der Waals surface area contributed by atoms with Crippen molar-refractivity contribution in [1.82, 2.24) is 10.3 Å². The second kappa shape index (κ2) is 8.93. The third-order valence-corrected chi connectivity index (χ3v) is 6.50. The molecule has 156 valence electrons. The van der Waals surface area contributed by atoms with Gasteiger partial charge in [0.1, 0.15) is 5.75 Å². The second-order valence-electron chi connectivity index (χ2n) is 9.15. The molecule has 2 N–H and O–H groups in total. The zero-order valence-electron chi connectivity index (χ0n) is 17.6. The smallest absolute Gasteiger partial charge is 0.138 e. The van der Waals surface area contributed by atoms with E-state index in [4.69, 9.17) is 16.3 Å². The minimum atomic E-state index is 0.303. The van der Waals surface area contributed by atoms with Crippen LogP contribution in [0.25, 0.3) is 0 Å². The number of ether oxygens (including phenoxy) is 1. The Morgan fingerprint density at radius 2 is 2.07 bits per heavy atom. The molecule has 1 atom stereocenters. The van der Waals surface area contributed by atoms with Gasteiger partial charge in [-0.2, -0.15) is 0 Å². The largest absolute Gasteiger partial charge is 0.489 e. The molecule has 1 aromatic carbocycles. The van der Waals surface area contributed by atoms with E-state index < -0.39 is 0 Å². The molecular weight excluding hydrogens is 382 g/mol. The van der Waals surface area contributed by atoms with E-state index in [1.54, 1.807) is 0 Å². The second-order valence-corrected chi connectivity index (χ2v) is 9.56. The van der Waals surface area contributed by atoms with E-state index in [9.17, 15) is 0 Å². The molecule has 2 heterocycles. The summed E-state index contributed by atoms with van der Waals surface area (Å²) >= 11 is 6.51. The molecule has 1 fully saturated rings. The fraction of sp³-hybridized carbons (Fsp3) is 0.542. The topological polar surface area (TPSA) is 46.2 Å². The highest BCUT2D eigenvalue weighted by atomic mass is 35.5. The van der Waals surface area contributed by atoms with Crippen molar-refractivity contribution in [2.45, 2.75) is 65.0 Å². The number of benzene rings is 1. The van der Waals surface area contributed by atoms with Crippen LogP contribution in [0.1, 0.15) is 56.4 Å². The van der Waals surface area contributed by atoms with Crippen LogP contribution >= 0.6 is 11.6 Å². The lowest BCUT2D eigenvalue weighted by molar-refractivity contribution is 0.0848. The van der Waals surface area contributed by atoms with E-state index in [-0.39, 0.29) is 0 Å². The van der Waals surface area contributed by atoms with Gasteiger partial charge >= 0.3 is 0 Å². The maximum atomic E-state index is 6.51. The Morgan fingerprint density at radius 1 is 1.21 bits per heavy atom. The van der Waals surface area contributed by atoms with E-state index in [1.165, 1.54) is 24.0 Å². The van der Waals surface area contributed by atoms with Crippen LogP contribution in [0.3, 0.4) is 0 Å². The minimum absolute atomic E-state index is 0.303. The molecule has 1 aliphatic carbocycles. The molecule has 1 aliphatic heterocycles. The van der Waals surface area contributed by atoms with Gasteiger partial charge in [0.2, 0.25) is 0 Å². The summed E-state index contributed by atoms with van der Waals surface area (Å²) < 4.78 is 6.21. The zero-order valence-corrected chi connectivity index (χ0v) is 18.3. The number of hydrogen-bond donors (Lipinski definition) is 2. The molecule has 5 heteroatoms. The average Bonchev–Trinajstić information content (AvgIpc) is 2.93. The molecule has 0 amide bonds. The van der Waals surface area contributed by atoms with Crippen LogP contribution in [0.2, 0.25) is 5.02 Å². The number of aromatic nitrogens is 1. The lowest BCUT2D eigenvalue weighted by atomic mass is 9.76. The van der Waals surface area contributed by atoms with Crippen LogP contribution < -0.4 is 15.4 Å². The number of fused-ring (bicyclic) bond motifs is 1. The minimum Gasteiger partial charge on any atom is -0.489 e. The molecule has 0 radical (unpaired) electrons. The number of anilines is 1. The summed E-state index contributed by atoms with van der Waals surface area (Å²) in [4.78, 5) is 4.61. The summed E-state index contributed by atoms with van der Waals surface area (Å²) in [5, 5.41) is 7.78. The number of pyridine rings is 1. The average molecular weight is 414 g/mol. The Balaban J connectivity index is 1.39. The molecule has 2 aliphatic rings. The van der Waals surface area contributed by atoms with Gasteiger partial charge in [0, 0.05) is 0 Å². The molecule has 0 bridgehead atoms. The number of nitrogens with zero attached hydrogens (tertiary/aromatic N) is 1. The molecule has 1 aromatic heterocycles. The number of rotatable bonds is 5. The van der Waals surface area contributed by atoms with Crippen LogP contribution in [0.5, 0.6) is 5.75 Å². The summed E-state index contributed by atoms with van der Waals surface area (Å²) in [6.07, 6.45) is 8.98. The zero-order chi connectivity index (χ0) is 20.3. The van der Waals surface area contributed by atoms with Gasteiger partial charge in [-0.05, 0) is 86.4 Å². The number of hydrogen-bond acceptors (Lipinski definition) is 4. The number of nitrogens with one attached hydrogen (secondary N) is 2. The van der Waals surface area contributed by atoms with Gasteiger partial charge in [0.25, 0.3) is 0 Å². The maximum absolute atomic E-state index is 6.51. The highest BCUT2D eigenvalue weighted by molar-refractivity contribution is 6.33. The van der Waals surface area contributed by atoms with E-state index in [0.29, 0.717) is 18.1 Å². The van der Waals surface area contributed by atoms with E-state index >= 15 is 0 Å². The SMILES string of the molecule is CC1(C)CCCC(Oc2ccc(CNc3c(Cl)ccc4c3CCNCC4)nc2)C1. The van der Waals surface area contributed by atoms with Crippen molar-refractivity contribution in [1.29, 1.82) is 0 Å². The van der Waals surface area contributed by atoms with Gasteiger partial charge in [0.05, 0.1) is 35.2 Å². The van der Waals surface area contributed by atoms with Gasteiger partial charge < -0.3 is 15.4 Å². The fourth-order valence-electron chi connectivity index (χ4n) is 4.62. The van der Waals surface area contributed by atoms with Gasteiger partial charge in [-0.1, -0.05) is 31.5 Å². The first kappa shape index (κ1) is 20.5. The predicted octanol–water partition coefficient (Wildman–Crippen LogP) is 5.38. The molecule has 0 spiro atoms. The normalized spacial score (nSPS) is 21.1. The van der Waals surface area contributed by atoms with Crippen LogP contribution in [-0.4, -0.2) is 24.2 Å². The third-order valence-electron chi connectivity index (χ3n) is 6.19. The highest BCUT2D eigenvalue weighted by Gasteiger charge is 2.29. The standard InChI is InChI=1S/C24H32ClN3O/c1-24(2)11-3-4-19(14-24)29-20-7-6-18(27-16-20)15-28-23-21-10-13-26-12-9-17(21)5-8-22(23)25/h5-8,16,19,26,28H,3-4,9-15H2,1-2H3. The summed E-state index contributed by atoms with van der Waals surface area (Å²) in [5.74, 6) is 0.870. The van der Waals surface area contributed by atoms with Crippen molar-refractivity contribution in [3.8, 4) is 5.75 Å². The summed E-state index contributed by atoms with van der Waals surface area (Å²) in [5.41, 5.74) is 5.14. The fourth-order valence-corrected chi connectivity index (χ4v) is 4.86. The first-order valence-electron chi connectivity index (χ1n) is 10.9. The molecule has 4 rings (SSSR count). The molecule has 1 unspecified atom stereocenters. The monoisotopic (exact) mass is 413 g/mol. The lowest BCUT2D eigenvalue weighted by Gasteiger charge is -2.35.